The minimum Gasteiger partial charge on any atom is -0.311 e. The standard InChI is InChI=1S/C14H18N4/c1-2-15-10-12-9-13(5-7-16-12)18-8-6-14(17-18)11-3-4-11/h5-9,11,15H,2-4,10H2,1H3. The van der Waals surface area contributed by atoms with Crippen molar-refractivity contribution in [3.63, 3.8) is 0 Å². The molecule has 0 aliphatic heterocycles. The Labute approximate surface area is 107 Å². The number of aromatic nitrogens is 3. The third-order valence-electron chi connectivity index (χ3n) is 3.23. The zero-order valence-corrected chi connectivity index (χ0v) is 10.6. The molecule has 0 saturated heterocycles. The van der Waals surface area contributed by atoms with Gasteiger partial charge in [-0.05, 0) is 37.6 Å². The van der Waals surface area contributed by atoms with Gasteiger partial charge < -0.3 is 5.32 Å². The summed E-state index contributed by atoms with van der Waals surface area (Å²) >= 11 is 0. The molecule has 1 aliphatic rings. The van der Waals surface area contributed by atoms with E-state index in [1.807, 2.05) is 23.1 Å². The normalized spacial score (nSPS) is 14.9. The van der Waals surface area contributed by atoms with Crippen LogP contribution in [-0.4, -0.2) is 21.3 Å². The van der Waals surface area contributed by atoms with Crippen molar-refractivity contribution in [3.05, 3.63) is 42.0 Å². The number of hydrogen-bond donors (Lipinski definition) is 1. The van der Waals surface area contributed by atoms with Gasteiger partial charge >= 0.3 is 0 Å². The monoisotopic (exact) mass is 242 g/mol. The lowest BCUT2D eigenvalue weighted by Gasteiger charge is -2.05. The Morgan fingerprint density at radius 2 is 2.28 bits per heavy atom. The molecule has 3 rings (SSSR count). The molecule has 1 saturated carbocycles. The molecule has 1 aliphatic carbocycles. The minimum atomic E-state index is 0.703. The van der Waals surface area contributed by atoms with Gasteiger partial charge in [0.15, 0.2) is 0 Å². The lowest BCUT2D eigenvalue weighted by Crippen LogP contribution is -2.13. The molecule has 2 heterocycles. The fourth-order valence-corrected chi connectivity index (χ4v) is 2.04. The van der Waals surface area contributed by atoms with Gasteiger partial charge in [0.1, 0.15) is 0 Å². The third kappa shape index (κ3) is 2.43. The van der Waals surface area contributed by atoms with Gasteiger partial charge in [0.05, 0.1) is 17.1 Å². The molecule has 0 amide bonds. The van der Waals surface area contributed by atoms with E-state index in [-0.39, 0.29) is 0 Å². The van der Waals surface area contributed by atoms with Crippen molar-refractivity contribution >= 4 is 0 Å². The highest BCUT2D eigenvalue weighted by molar-refractivity contribution is 5.32. The van der Waals surface area contributed by atoms with Crippen molar-refractivity contribution < 1.29 is 0 Å². The topological polar surface area (TPSA) is 42.7 Å². The van der Waals surface area contributed by atoms with Crippen LogP contribution in [0.25, 0.3) is 5.69 Å². The van der Waals surface area contributed by atoms with E-state index in [4.69, 9.17) is 0 Å². The highest BCUT2D eigenvalue weighted by Crippen LogP contribution is 2.38. The van der Waals surface area contributed by atoms with Crippen molar-refractivity contribution in [2.24, 2.45) is 0 Å². The molecule has 0 unspecified atom stereocenters. The fraction of sp³-hybridized carbons (Fsp3) is 0.429. The Bertz CT molecular complexity index is 528. The number of hydrogen-bond acceptors (Lipinski definition) is 3. The molecule has 18 heavy (non-hydrogen) atoms. The van der Waals surface area contributed by atoms with Crippen LogP contribution >= 0.6 is 0 Å². The smallest absolute Gasteiger partial charge is 0.0679 e. The number of pyridine rings is 1. The Morgan fingerprint density at radius 1 is 1.39 bits per heavy atom. The van der Waals surface area contributed by atoms with Gasteiger partial charge in [0.2, 0.25) is 0 Å². The Balaban J connectivity index is 1.81. The predicted molar refractivity (Wildman–Crippen MR) is 70.7 cm³/mol. The molecule has 0 spiro atoms. The second-order valence-electron chi connectivity index (χ2n) is 4.75. The van der Waals surface area contributed by atoms with Gasteiger partial charge in [-0.15, -0.1) is 0 Å². The summed E-state index contributed by atoms with van der Waals surface area (Å²) < 4.78 is 1.95. The van der Waals surface area contributed by atoms with E-state index < -0.39 is 0 Å². The summed E-state index contributed by atoms with van der Waals surface area (Å²) in [4.78, 5) is 4.35. The lowest BCUT2D eigenvalue weighted by atomic mass is 10.3. The first-order chi connectivity index (χ1) is 8.86. The van der Waals surface area contributed by atoms with Crippen LogP contribution in [0.3, 0.4) is 0 Å². The van der Waals surface area contributed by atoms with Crippen LogP contribution in [0.4, 0.5) is 0 Å². The summed E-state index contributed by atoms with van der Waals surface area (Å²) in [5.74, 6) is 0.703. The van der Waals surface area contributed by atoms with Gasteiger partial charge in [0.25, 0.3) is 0 Å². The van der Waals surface area contributed by atoms with Crippen LogP contribution in [0, 0.1) is 0 Å². The number of nitrogens with zero attached hydrogens (tertiary/aromatic N) is 3. The maximum atomic E-state index is 4.63. The average Bonchev–Trinajstić information content (AvgIpc) is 3.14. The molecule has 0 aromatic carbocycles. The van der Waals surface area contributed by atoms with E-state index in [1.165, 1.54) is 18.5 Å². The summed E-state index contributed by atoms with van der Waals surface area (Å²) in [7, 11) is 0. The molecule has 2 aromatic heterocycles. The van der Waals surface area contributed by atoms with Crippen LogP contribution in [0.1, 0.15) is 37.1 Å². The van der Waals surface area contributed by atoms with Crippen molar-refractivity contribution in [2.75, 3.05) is 6.54 Å². The Morgan fingerprint density at radius 3 is 3.06 bits per heavy atom. The van der Waals surface area contributed by atoms with Crippen LogP contribution in [0.2, 0.25) is 0 Å². The second kappa shape index (κ2) is 4.90. The first kappa shape index (κ1) is 11.4. The van der Waals surface area contributed by atoms with Gasteiger partial charge in [-0.1, -0.05) is 6.92 Å². The minimum absolute atomic E-state index is 0.703. The van der Waals surface area contributed by atoms with Crippen molar-refractivity contribution in [2.45, 2.75) is 32.2 Å². The predicted octanol–water partition coefficient (Wildman–Crippen LogP) is 2.25. The van der Waals surface area contributed by atoms with E-state index in [0.717, 1.165) is 24.5 Å². The second-order valence-corrected chi connectivity index (χ2v) is 4.75. The summed E-state index contributed by atoms with van der Waals surface area (Å²) in [5, 5.41) is 7.92. The maximum absolute atomic E-state index is 4.63. The van der Waals surface area contributed by atoms with Crippen LogP contribution in [0.5, 0.6) is 0 Å². The first-order valence-corrected chi connectivity index (χ1v) is 6.58. The fourth-order valence-electron chi connectivity index (χ4n) is 2.04. The quantitative estimate of drug-likeness (QED) is 0.874. The van der Waals surface area contributed by atoms with Gasteiger partial charge in [-0.3, -0.25) is 4.98 Å². The summed E-state index contributed by atoms with van der Waals surface area (Å²) in [6.45, 7) is 3.86. The van der Waals surface area contributed by atoms with Crippen LogP contribution in [-0.2, 0) is 6.54 Å². The van der Waals surface area contributed by atoms with Crippen LogP contribution in [0.15, 0.2) is 30.6 Å². The zero-order chi connectivity index (χ0) is 12.4. The van der Waals surface area contributed by atoms with Crippen molar-refractivity contribution in [3.8, 4) is 5.69 Å². The molecule has 94 valence electrons. The molecule has 0 radical (unpaired) electrons. The molecular weight excluding hydrogens is 224 g/mol. The van der Waals surface area contributed by atoms with Crippen molar-refractivity contribution in [1.82, 2.24) is 20.1 Å². The Hall–Kier alpha value is -1.68. The molecule has 1 N–H and O–H groups in total. The van der Waals surface area contributed by atoms with Gasteiger partial charge in [-0.25, -0.2) is 4.68 Å². The summed E-state index contributed by atoms with van der Waals surface area (Å²) in [6, 6.07) is 6.22. The van der Waals surface area contributed by atoms with Gasteiger partial charge in [-0.2, -0.15) is 5.10 Å². The molecule has 4 nitrogen and oxygen atoms in total. The zero-order valence-electron chi connectivity index (χ0n) is 10.6. The van der Waals surface area contributed by atoms with E-state index in [2.05, 4.69) is 34.5 Å². The number of nitrogens with one attached hydrogen (secondary N) is 1. The molecule has 4 heteroatoms. The van der Waals surface area contributed by atoms with E-state index in [0.29, 0.717) is 5.92 Å². The highest BCUT2D eigenvalue weighted by atomic mass is 15.3. The van der Waals surface area contributed by atoms with Gasteiger partial charge in [0, 0.05) is 24.9 Å². The maximum Gasteiger partial charge on any atom is 0.0679 e. The van der Waals surface area contributed by atoms with Crippen LogP contribution < -0.4 is 5.32 Å². The molecule has 2 aromatic rings. The number of rotatable bonds is 5. The average molecular weight is 242 g/mol. The first-order valence-electron chi connectivity index (χ1n) is 6.58. The molecule has 0 atom stereocenters. The van der Waals surface area contributed by atoms with E-state index >= 15 is 0 Å². The SMILES string of the molecule is CCNCc1cc(-n2ccc(C3CC3)n2)ccn1. The van der Waals surface area contributed by atoms with Crippen molar-refractivity contribution in [1.29, 1.82) is 0 Å². The molecule has 1 fully saturated rings. The Kier molecular flexibility index (Phi) is 3.11. The lowest BCUT2D eigenvalue weighted by molar-refractivity contribution is 0.708. The van der Waals surface area contributed by atoms with E-state index in [1.54, 1.807) is 0 Å². The molecular formula is C14H18N4. The summed E-state index contributed by atoms with van der Waals surface area (Å²) in [5.41, 5.74) is 3.36. The highest BCUT2D eigenvalue weighted by Gasteiger charge is 2.25. The summed E-state index contributed by atoms with van der Waals surface area (Å²) in [6.07, 6.45) is 6.47. The largest absolute Gasteiger partial charge is 0.311 e. The van der Waals surface area contributed by atoms with E-state index in [9.17, 15) is 0 Å². The molecule has 0 bridgehead atoms. The third-order valence-corrected chi connectivity index (χ3v) is 3.23.